The van der Waals surface area contributed by atoms with Crippen LogP contribution in [-0.2, 0) is 53.8 Å². The van der Waals surface area contributed by atoms with Gasteiger partial charge in [0, 0.05) is 53.8 Å². The molecule has 3 heteroatoms. The van der Waals surface area contributed by atoms with Gasteiger partial charge in [-0.1, -0.05) is 25.7 Å². The minimum absolute atomic E-state index is 0. The van der Waals surface area contributed by atoms with Crippen LogP contribution in [0.1, 0.15) is 25.7 Å². The van der Waals surface area contributed by atoms with E-state index in [1.54, 1.807) is 0 Å². The first-order valence-corrected chi connectivity index (χ1v) is 3.35. The second kappa shape index (κ2) is 9.84. The van der Waals surface area contributed by atoms with Crippen molar-refractivity contribution in [3.63, 3.8) is 0 Å². The van der Waals surface area contributed by atoms with Crippen LogP contribution < -0.4 is 0 Å². The Labute approximate surface area is 110 Å². The zero-order valence-electron chi connectivity index (χ0n) is 7.08. The SMILES string of the molecule is [CH2-]C1CCCCC1[NH-].[CH3-].[Pt].[Y]. The molecule has 1 rings (SSSR count). The van der Waals surface area contributed by atoms with E-state index in [1.165, 1.54) is 19.3 Å². The van der Waals surface area contributed by atoms with Crippen LogP contribution in [0.3, 0.4) is 0 Å². The van der Waals surface area contributed by atoms with Gasteiger partial charge >= 0.3 is 0 Å². The van der Waals surface area contributed by atoms with Gasteiger partial charge in [-0.2, -0.15) is 12.0 Å². The van der Waals surface area contributed by atoms with E-state index in [-0.39, 0.29) is 67.2 Å². The van der Waals surface area contributed by atoms with E-state index >= 15 is 0 Å². The molecule has 1 N–H and O–H groups in total. The third-order valence-electron chi connectivity index (χ3n) is 1.91. The van der Waals surface area contributed by atoms with Gasteiger partial charge in [0.15, 0.2) is 0 Å². The molecule has 0 spiro atoms. The predicted octanol–water partition coefficient (Wildman–Crippen LogP) is 2.88. The molecule has 0 amide bonds. The summed E-state index contributed by atoms with van der Waals surface area (Å²) in [6.45, 7) is 3.89. The predicted molar refractivity (Wildman–Crippen MR) is 41.8 cm³/mol. The number of nitrogens with one attached hydrogen (secondary N) is 1. The zero-order chi connectivity index (χ0) is 5.98. The first-order valence-electron chi connectivity index (χ1n) is 3.35. The summed E-state index contributed by atoms with van der Waals surface area (Å²) in [5.74, 6) is 0.420. The molecule has 0 heterocycles. The standard InChI is InChI=1S/C7H13N.CH3.Pt.Y/c1-6-4-2-3-5-7(6)8;;;/h6-8H,1-5H2;1H3;;/q-2;-1;;. The molecule has 1 saturated carbocycles. The minimum Gasteiger partial charge on any atom is -0.677 e. The van der Waals surface area contributed by atoms with Crippen LogP contribution in [-0.4, -0.2) is 6.04 Å². The van der Waals surface area contributed by atoms with Crippen molar-refractivity contribution >= 4 is 0 Å². The average molecular weight is 410 g/mol. The summed E-state index contributed by atoms with van der Waals surface area (Å²) in [6, 6.07) is 0.142. The van der Waals surface area contributed by atoms with Gasteiger partial charge in [0.2, 0.25) is 0 Å². The molecule has 1 aliphatic carbocycles. The molecule has 2 atom stereocenters. The molecule has 1 fully saturated rings. The van der Waals surface area contributed by atoms with Crippen molar-refractivity contribution in [1.82, 2.24) is 0 Å². The van der Waals surface area contributed by atoms with Crippen molar-refractivity contribution in [3.05, 3.63) is 20.1 Å². The van der Waals surface area contributed by atoms with Gasteiger partial charge in [-0.3, -0.25) is 0 Å². The Morgan fingerprint density at radius 3 is 1.91 bits per heavy atom. The van der Waals surface area contributed by atoms with Gasteiger partial charge < -0.3 is 20.1 Å². The van der Waals surface area contributed by atoms with Crippen LogP contribution >= 0.6 is 0 Å². The van der Waals surface area contributed by atoms with Crippen LogP contribution in [0.25, 0.3) is 5.73 Å². The molecule has 0 aromatic rings. The molecule has 2 unspecified atom stereocenters. The van der Waals surface area contributed by atoms with Crippen molar-refractivity contribution in [2.75, 3.05) is 0 Å². The summed E-state index contributed by atoms with van der Waals surface area (Å²) >= 11 is 0. The smallest absolute Gasteiger partial charge is 0 e. The van der Waals surface area contributed by atoms with Crippen LogP contribution in [0.2, 0.25) is 0 Å². The monoisotopic (exact) mass is 410 g/mol. The van der Waals surface area contributed by atoms with Crippen molar-refractivity contribution in [2.24, 2.45) is 5.92 Å². The van der Waals surface area contributed by atoms with Crippen LogP contribution in [0, 0.1) is 20.3 Å². The molecule has 1 nitrogen and oxygen atoms in total. The number of hydrogen-bond donors (Lipinski definition) is 0. The van der Waals surface area contributed by atoms with E-state index < -0.39 is 0 Å². The average Bonchev–Trinajstić information content (AvgIpc) is 1.77. The molecular weight excluding hydrogens is 394 g/mol. The van der Waals surface area contributed by atoms with E-state index in [9.17, 15) is 0 Å². The van der Waals surface area contributed by atoms with E-state index in [0.29, 0.717) is 5.92 Å². The fourth-order valence-electron chi connectivity index (χ4n) is 1.21. The summed E-state index contributed by atoms with van der Waals surface area (Å²) in [5, 5.41) is 0. The topological polar surface area (TPSA) is 23.8 Å². The molecule has 11 heavy (non-hydrogen) atoms. The summed E-state index contributed by atoms with van der Waals surface area (Å²) in [4.78, 5) is 0. The summed E-state index contributed by atoms with van der Waals surface area (Å²) in [5.41, 5.74) is 7.42. The maximum atomic E-state index is 7.42. The third kappa shape index (κ3) is 6.87. The molecule has 1 aliphatic rings. The summed E-state index contributed by atoms with van der Waals surface area (Å²) < 4.78 is 0. The first kappa shape index (κ1) is 18.5. The Morgan fingerprint density at radius 1 is 1.18 bits per heavy atom. The summed E-state index contributed by atoms with van der Waals surface area (Å²) in [6.07, 6.45) is 4.80. The summed E-state index contributed by atoms with van der Waals surface area (Å²) in [7, 11) is 0. The van der Waals surface area contributed by atoms with E-state index in [1.807, 2.05) is 0 Å². The molecule has 0 aliphatic heterocycles. The Bertz CT molecular complexity index is 70.5. The second-order valence-corrected chi connectivity index (χ2v) is 2.65. The Balaban J connectivity index is -0.000000213. The molecule has 0 aromatic heterocycles. The van der Waals surface area contributed by atoms with Gasteiger partial charge in [0.05, 0.1) is 0 Å². The fourth-order valence-corrected chi connectivity index (χ4v) is 1.21. The van der Waals surface area contributed by atoms with Gasteiger partial charge in [-0.15, -0.1) is 0 Å². The second-order valence-electron chi connectivity index (χ2n) is 2.65. The quantitative estimate of drug-likeness (QED) is 0.549. The molecule has 0 aromatic carbocycles. The first-order chi connectivity index (χ1) is 3.80. The maximum Gasteiger partial charge on any atom is 0 e. The van der Waals surface area contributed by atoms with Gasteiger partial charge in [0.25, 0.3) is 0 Å². The van der Waals surface area contributed by atoms with Crippen LogP contribution in [0.5, 0.6) is 0 Å². The molecular formula is C8H16NPtY-3. The molecule has 0 bridgehead atoms. The van der Waals surface area contributed by atoms with Gasteiger partial charge in [-0.05, 0) is 0 Å². The number of hydrogen-bond acceptors (Lipinski definition) is 0. The largest absolute Gasteiger partial charge is 0.677 e. The van der Waals surface area contributed by atoms with Crippen LogP contribution in [0.15, 0.2) is 0 Å². The van der Waals surface area contributed by atoms with Crippen molar-refractivity contribution in [3.8, 4) is 0 Å². The van der Waals surface area contributed by atoms with Crippen LogP contribution in [0.4, 0.5) is 0 Å². The minimum atomic E-state index is 0. The molecule has 1 radical (unpaired) electrons. The van der Waals surface area contributed by atoms with Crippen molar-refractivity contribution in [1.29, 1.82) is 0 Å². The van der Waals surface area contributed by atoms with E-state index in [4.69, 9.17) is 5.73 Å². The Morgan fingerprint density at radius 2 is 1.64 bits per heavy atom. The molecule has 69 valence electrons. The van der Waals surface area contributed by atoms with Crippen molar-refractivity contribution < 1.29 is 53.8 Å². The van der Waals surface area contributed by atoms with E-state index in [0.717, 1.165) is 6.42 Å². The van der Waals surface area contributed by atoms with Gasteiger partial charge in [-0.25, -0.2) is 0 Å². The normalized spacial score (nSPS) is 28.9. The van der Waals surface area contributed by atoms with Gasteiger partial charge in [0.1, 0.15) is 0 Å². The zero-order valence-corrected chi connectivity index (χ0v) is 12.2. The maximum absolute atomic E-state index is 7.42. The Kier molecular flexibility index (Phi) is 16.6. The Hall–Kier alpha value is 1.75. The number of rotatable bonds is 0. The fraction of sp³-hybridized carbons (Fsp3) is 0.750. The molecule has 0 saturated heterocycles. The third-order valence-corrected chi connectivity index (χ3v) is 1.91. The van der Waals surface area contributed by atoms with E-state index in [2.05, 4.69) is 6.92 Å². The van der Waals surface area contributed by atoms with Crippen molar-refractivity contribution in [2.45, 2.75) is 31.7 Å².